The van der Waals surface area contributed by atoms with Gasteiger partial charge in [-0.1, -0.05) is 41.7 Å². The fraction of sp³-hybridized carbons (Fsp3) is 0.412. The van der Waals surface area contributed by atoms with E-state index in [1.807, 2.05) is 51.1 Å². The molecule has 1 atom stereocenters. The molecule has 2 N–H and O–H groups in total. The standard InChI is InChI=1S/C17H21N3O2S/c1-17(2,3)19-10-13(21)11-22-15-14(9-18)23-16(20-15)12-7-5-4-6-8-12/h4-8,13,19,21H,10-11H2,1-3H3/t13-/m0/s1. The van der Waals surface area contributed by atoms with Gasteiger partial charge in [0.25, 0.3) is 0 Å². The molecule has 0 aliphatic heterocycles. The van der Waals surface area contributed by atoms with Gasteiger partial charge in [0.1, 0.15) is 23.8 Å². The van der Waals surface area contributed by atoms with E-state index in [-0.39, 0.29) is 18.0 Å². The molecule has 1 aromatic carbocycles. The topological polar surface area (TPSA) is 78.2 Å². The first-order chi connectivity index (χ1) is 10.9. The summed E-state index contributed by atoms with van der Waals surface area (Å²) in [7, 11) is 0. The maximum atomic E-state index is 9.97. The van der Waals surface area contributed by atoms with Crippen LogP contribution < -0.4 is 10.1 Å². The van der Waals surface area contributed by atoms with Crippen LogP contribution in [0, 0.1) is 11.3 Å². The molecule has 0 unspecified atom stereocenters. The van der Waals surface area contributed by atoms with Crippen molar-refractivity contribution in [3.63, 3.8) is 0 Å². The summed E-state index contributed by atoms with van der Waals surface area (Å²) in [6, 6.07) is 11.7. The third-order valence-corrected chi connectivity index (χ3v) is 3.99. The second-order valence-corrected chi connectivity index (χ2v) is 7.23. The Kier molecular flexibility index (Phi) is 5.72. The number of β-amino-alcohol motifs (C(OH)–C–C–N with tert-alkyl or cyclic N) is 1. The highest BCUT2D eigenvalue weighted by Crippen LogP contribution is 2.31. The fourth-order valence-corrected chi connectivity index (χ4v) is 2.65. The Labute approximate surface area is 140 Å². The summed E-state index contributed by atoms with van der Waals surface area (Å²) >= 11 is 1.29. The Morgan fingerprint density at radius 3 is 2.65 bits per heavy atom. The number of nitriles is 1. The minimum atomic E-state index is -0.664. The van der Waals surface area contributed by atoms with Crippen molar-refractivity contribution in [3.05, 3.63) is 35.2 Å². The zero-order valence-corrected chi connectivity index (χ0v) is 14.4. The van der Waals surface area contributed by atoms with Crippen molar-refractivity contribution in [1.29, 1.82) is 5.26 Å². The number of benzene rings is 1. The molecular weight excluding hydrogens is 310 g/mol. The largest absolute Gasteiger partial charge is 0.473 e. The molecule has 0 bridgehead atoms. The lowest BCUT2D eigenvalue weighted by Crippen LogP contribution is -2.42. The van der Waals surface area contributed by atoms with Crippen LogP contribution in [0.4, 0.5) is 0 Å². The van der Waals surface area contributed by atoms with Crippen molar-refractivity contribution in [2.45, 2.75) is 32.4 Å². The first-order valence-electron chi connectivity index (χ1n) is 7.41. The van der Waals surface area contributed by atoms with Crippen LogP contribution in [-0.2, 0) is 0 Å². The fourth-order valence-electron chi connectivity index (χ4n) is 1.84. The van der Waals surface area contributed by atoms with Gasteiger partial charge in [-0.3, -0.25) is 0 Å². The van der Waals surface area contributed by atoms with Gasteiger partial charge in [-0.2, -0.15) is 5.26 Å². The molecule has 1 heterocycles. The predicted molar refractivity (Wildman–Crippen MR) is 91.5 cm³/mol. The SMILES string of the molecule is CC(C)(C)NC[C@H](O)COc1nc(-c2ccccc2)sc1C#N. The zero-order valence-electron chi connectivity index (χ0n) is 13.5. The molecule has 6 heteroatoms. The minimum Gasteiger partial charge on any atom is -0.473 e. The third-order valence-electron chi connectivity index (χ3n) is 3.00. The van der Waals surface area contributed by atoms with Crippen LogP contribution in [0.3, 0.4) is 0 Å². The molecule has 0 amide bonds. The van der Waals surface area contributed by atoms with E-state index in [1.165, 1.54) is 11.3 Å². The van der Waals surface area contributed by atoms with Gasteiger partial charge in [-0.25, -0.2) is 4.98 Å². The van der Waals surface area contributed by atoms with Gasteiger partial charge in [0.15, 0.2) is 4.88 Å². The van der Waals surface area contributed by atoms with Crippen molar-refractivity contribution >= 4 is 11.3 Å². The van der Waals surface area contributed by atoms with Crippen LogP contribution in [0.15, 0.2) is 30.3 Å². The Morgan fingerprint density at radius 2 is 2.04 bits per heavy atom. The molecule has 0 spiro atoms. The highest BCUT2D eigenvalue weighted by molar-refractivity contribution is 7.15. The molecule has 1 aromatic heterocycles. The van der Waals surface area contributed by atoms with Crippen molar-refractivity contribution in [1.82, 2.24) is 10.3 Å². The van der Waals surface area contributed by atoms with Gasteiger partial charge in [-0.05, 0) is 20.8 Å². The summed E-state index contributed by atoms with van der Waals surface area (Å²) in [4.78, 5) is 4.79. The van der Waals surface area contributed by atoms with Crippen LogP contribution in [-0.4, -0.2) is 34.9 Å². The van der Waals surface area contributed by atoms with Gasteiger partial charge in [0, 0.05) is 17.6 Å². The van der Waals surface area contributed by atoms with Gasteiger partial charge in [0.05, 0.1) is 0 Å². The first-order valence-corrected chi connectivity index (χ1v) is 8.23. The molecule has 0 fully saturated rings. The molecule has 0 aliphatic rings. The number of nitrogens with one attached hydrogen (secondary N) is 1. The monoisotopic (exact) mass is 331 g/mol. The number of nitrogens with zero attached hydrogens (tertiary/aromatic N) is 2. The van der Waals surface area contributed by atoms with Crippen molar-refractivity contribution in [2.24, 2.45) is 0 Å². The molecule has 0 saturated carbocycles. The molecule has 2 aromatic rings. The first kappa shape index (κ1) is 17.4. The van der Waals surface area contributed by atoms with Crippen LogP contribution in [0.25, 0.3) is 10.6 Å². The number of hydrogen-bond acceptors (Lipinski definition) is 6. The summed E-state index contributed by atoms with van der Waals surface area (Å²) in [5, 5.41) is 23.1. The van der Waals surface area contributed by atoms with E-state index in [1.54, 1.807) is 0 Å². The Morgan fingerprint density at radius 1 is 1.35 bits per heavy atom. The van der Waals surface area contributed by atoms with Crippen LogP contribution in [0.5, 0.6) is 5.88 Å². The lowest BCUT2D eigenvalue weighted by atomic mass is 10.1. The lowest BCUT2D eigenvalue weighted by molar-refractivity contribution is 0.0980. The average Bonchev–Trinajstić information content (AvgIpc) is 2.94. The molecule has 0 radical (unpaired) electrons. The summed E-state index contributed by atoms with van der Waals surface area (Å²) < 4.78 is 5.54. The minimum absolute atomic E-state index is 0.0695. The van der Waals surface area contributed by atoms with Crippen LogP contribution >= 0.6 is 11.3 Å². The van der Waals surface area contributed by atoms with E-state index in [0.717, 1.165) is 10.6 Å². The second kappa shape index (κ2) is 7.55. The lowest BCUT2D eigenvalue weighted by Gasteiger charge is -2.22. The Balaban J connectivity index is 2.00. The van der Waals surface area contributed by atoms with E-state index < -0.39 is 6.10 Å². The highest BCUT2D eigenvalue weighted by atomic mass is 32.1. The Bertz CT molecular complexity index is 671. The normalized spacial score (nSPS) is 12.7. The molecule has 2 rings (SSSR count). The number of rotatable bonds is 6. The van der Waals surface area contributed by atoms with Crippen LogP contribution in [0.1, 0.15) is 25.6 Å². The number of ether oxygens (including phenoxy) is 1. The van der Waals surface area contributed by atoms with E-state index in [2.05, 4.69) is 16.4 Å². The van der Waals surface area contributed by atoms with Gasteiger partial charge in [0.2, 0.25) is 5.88 Å². The smallest absolute Gasteiger partial charge is 0.243 e. The van der Waals surface area contributed by atoms with E-state index in [4.69, 9.17) is 4.74 Å². The molecule has 0 saturated heterocycles. The molecular formula is C17H21N3O2S. The molecule has 122 valence electrons. The average molecular weight is 331 g/mol. The van der Waals surface area contributed by atoms with Crippen molar-refractivity contribution in [2.75, 3.05) is 13.2 Å². The van der Waals surface area contributed by atoms with E-state index >= 15 is 0 Å². The van der Waals surface area contributed by atoms with E-state index in [0.29, 0.717) is 11.4 Å². The van der Waals surface area contributed by atoms with Gasteiger partial charge >= 0.3 is 0 Å². The zero-order chi connectivity index (χ0) is 16.9. The summed E-state index contributed by atoms with van der Waals surface area (Å²) in [5.74, 6) is 0.283. The molecule has 5 nitrogen and oxygen atoms in total. The number of aromatic nitrogens is 1. The third kappa shape index (κ3) is 5.32. The van der Waals surface area contributed by atoms with Gasteiger partial charge < -0.3 is 15.2 Å². The Hall–Kier alpha value is -1.94. The molecule has 23 heavy (non-hydrogen) atoms. The van der Waals surface area contributed by atoms with Gasteiger partial charge in [-0.15, -0.1) is 0 Å². The number of aliphatic hydroxyl groups excluding tert-OH is 1. The number of hydrogen-bond donors (Lipinski definition) is 2. The second-order valence-electron chi connectivity index (χ2n) is 6.23. The number of thiazole rings is 1. The van der Waals surface area contributed by atoms with E-state index in [9.17, 15) is 10.4 Å². The quantitative estimate of drug-likeness (QED) is 0.851. The predicted octanol–water partition coefficient (Wildman–Crippen LogP) is 2.81. The highest BCUT2D eigenvalue weighted by Gasteiger charge is 2.16. The van der Waals surface area contributed by atoms with Crippen molar-refractivity contribution in [3.8, 4) is 22.5 Å². The summed E-state index contributed by atoms with van der Waals surface area (Å²) in [5.41, 5.74) is 0.874. The number of aliphatic hydroxyl groups is 1. The van der Waals surface area contributed by atoms with Crippen LogP contribution in [0.2, 0.25) is 0 Å². The summed E-state index contributed by atoms with van der Waals surface area (Å²) in [6.45, 7) is 6.60. The summed E-state index contributed by atoms with van der Waals surface area (Å²) in [6.07, 6.45) is -0.664. The maximum Gasteiger partial charge on any atom is 0.243 e. The molecule has 0 aliphatic carbocycles. The maximum absolute atomic E-state index is 9.97. The van der Waals surface area contributed by atoms with Crippen molar-refractivity contribution < 1.29 is 9.84 Å².